The van der Waals surface area contributed by atoms with Crippen LogP contribution < -0.4 is 5.32 Å². The first-order valence-electron chi connectivity index (χ1n) is 7.22. The van der Waals surface area contributed by atoms with E-state index in [4.69, 9.17) is 0 Å². The Morgan fingerprint density at radius 2 is 1.89 bits per heavy atom. The predicted molar refractivity (Wildman–Crippen MR) is 76.6 cm³/mol. The molecule has 1 heterocycles. The maximum atomic E-state index is 4.48. The van der Waals surface area contributed by atoms with Crippen LogP contribution in [-0.2, 0) is 0 Å². The zero-order chi connectivity index (χ0) is 13.1. The number of aromatic nitrogens is 1. The molecule has 0 amide bonds. The van der Waals surface area contributed by atoms with Gasteiger partial charge in [0.25, 0.3) is 0 Å². The van der Waals surface area contributed by atoms with E-state index in [1.807, 2.05) is 0 Å². The Morgan fingerprint density at radius 3 is 2.44 bits per heavy atom. The molecule has 0 spiro atoms. The van der Waals surface area contributed by atoms with E-state index in [-0.39, 0.29) is 0 Å². The van der Waals surface area contributed by atoms with Crippen LogP contribution in [0.1, 0.15) is 55.6 Å². The first kappa shape index (κ1) is 13.5. The molecule has 1 aliphatic carbocycles. The molecule has 0 aliphatic heterocycles. The van der Waals surface area contributed by atoms with Crippen LogP contribution in [0, 0.1) is 25.7 Å². The first-order chi connectivity index (χ1) is 8.60. The number of pyridine rings is 1. The third kappa shape index (κ3) is 3.11. The van der Waals surface area contributed by atoms with Crippen LogP contribution in [0.4, 0.5) is 0 Å². The summed E-state index contributed by atoms with van der Waals surface area (Å²) in [5, 5.41) is 3.54. The normalized spacial score (nSPS) is 26.0. The number of nitrogens with one attached hydrogen (secondary N) is 1. The fourth-order valence-electron chi connectivity index (χ4n) is 3.50. The molecule has 3 atom stereocenters. The molecule has 1 saturated carbocycles. The van der Waals surface area contributed by atoms with E-state index in [0.29, 0.717) is 6.04 Å². The number of aryl methyl sites for hydroxylation is 2. The summed E-state index contributed by atoms with van der Waals surface area (Å²) >= 11 is 0. The zero-order valence-corrected chi connectivity index (χ0v) is 12.2. The second-order valence-corrected chi connectivity index (χ2v) is 5.98. The van der Waals surface area contributed by atoms with Crippen LogP contribution in [0.3, 0.4) is 0 Å². The molecule has 1 aromatic rings. The van der Waals surface area contributed by atoms with Gasteiger partial charge in [-0.15, -0.1) is 0 Å². The van der Waals surface area contributed by atoms with E-state index in [1.165, 1.54) is 31.2 Å². The van der Waals surface area contributed by atoms with Crippen LogP contribution in [0.2, 0.25) is 0 Å². The second kappa shape index (κ2) is 5.83. The summed E-state index contributed by atoms with van der Waals surface area (Å²) < 4.78 is 0. The fourth-order valence-corrected chi connectivity index (χ4v) is 3.50. The average Bonchev–Trinajstić information content (AvgIpc) is 2.28. The quantitative estimate of drug-likeness (QED) is 0.878. The molecule has 1 aliphatic rings. The van der Waals surface area contributed by atoms with E-state index >= 15 is 0 Å². The van der Waals surface area contributed by atoms with E-state index in [9.17, 15) is 0 Å². The monoisotopic (exact) mass is 246 g/mol. The number of nitrogens with zero attached hydrogens (tertiary/aromatic N) is 1. The van der Waals surface area contributed by atoms with E-state index in [2.05, 4.69) is 50.3 Å². The Hall–Kier alpha value is -0.890. The first-order valence-corrected chi connectivity index (χ1v) is 7.22. The lowest BCUT2D eigenvalue weighted by atomic mass is 9.76. The Kier molecular flexibility index (Phi) is 4.39. The van der Waals surface area contributed by atoms with E-state index in [1.54, 1.807) is 0 Å². The van der Waals surface area contributed by atoms with Gasteiger partial charge in [0, 0.05) is 17.4 Å². The molecule has 2 nitrogen and oxygen atoms in total. The van der Waals surface area contributed by atoms with Crippen molar-refractivity contribution in [1.82, 2.24) is 10.3 Å². The minimum atomic E-state index is 0.494. The molecule has 0 bridgehead atoms. The molecular weight excluding hydrogens is 220 g/mol. The lowest BCUT2D eigenvalue weighted by Crippen LogP contribution is -2.29. The Bertz CT molecular complexity index is 380. The Morgan fingerprint density at radius 1 is 1.22 bits per heavy atom. The van der Waals surface area contributed by atoms with Gasteiger partial charge in [-0.25, -0.2) is 0 Å². The molecule has 0 radical (unpaired) electrons. The zero-order valence-electron chi connectivity index (χ0n) is 12.2. The van der Waals surface area contributed by atoms with Crippen molar-refractivity contribution in [2.75, 3.05) is 7.05 Å². The van der Waals surface area contributed by atoms with Gasteiger partial charge in [-0.3, -0.25) is 4.98 Å². The molecule has 0 aromatic carbocycles. The van der Waals surface area contributed by atoms with Crippen LogP contribution in [0.25, 0.3) is 0 Å². The van der Waals surface area contributed by atoms with Crippen LogP contribution in [0.15, 0.2) is 12.1 Å². The smallest absolute Gasteiger partial charge is 0.0379 e. The molecular formula is C16H26N2. The molecule has 2 rings (SSSR count). The summed E-state index contributed by atoms with van der Waals surface area (Å²) in [5.74, 6) is 1.66. The van der Waals surface area contributed by atoms with Crippen LogP contribution in [-0.4, -0.2) is 12.0 Å². The van der Waals surface area contributed by atoms with Gasteiger partial charge in [0.1, 0.15) is 0 Å². The van der Waals surface area contributed by atoms with E-state index < -0.39 is 0 Å². The van der Waals surface area contributed by atoms with Crippen molar-refractivity contribution in [2.45, 2.75) is 52.5 Å². The lowest BCUT2D eigenvalue weighted by molar-refractivity contribution is 0.230. The standard InChI is InChI=1S/C16H26N2/c1-11-6-5-7-14(8-11)16(17-4)15-9-12(2)18-13(3)10-15/h9-11,14,16-17H,5-8H2,1-4H3. The second-order valence-electron chi connectivity index (χ2n) is 5.98. The van der Waals surface area contributed by atoms with Crippen molar-refractivity contribution in [3.05, 3.63) is 29.1 Å². The Labute approximate surface area is 111 Å². The molecule has 1 N–H and O–H groups in total. The van der Waals surface area contributed by atoms with Crippen molar-refractivity contribution >= 4 is 0 Å². The SMILES string of the molecule is CNC(c1cc(C)nc(C)c1)C1CCCC(C)C1. The fraction of sp³-hybridized carbons (Fsp3) is 0.688. The van der Waals surface area contributed by atoms with Crippen molar-refractivity contribution in [3.63, 3.8) is 0 Å². The predicted octanol–water partition coefficient (Wildman–Crippen LogP) is 3.79. The molecule has 2 heteroatoms. The minimum absolute atomic E-state index is 0.494. The van der Waals surface area contributed by atoms with Crippen LogP contribution >= 0.6 is 0 Å². The van der Waals surface area contributed by atoms with Gasteiger partial charge in [-0.05, 0) is 63.3 Å². The highest BCUT2D eigenvalue weighted by Gasteiger charge is 2.27. The molecule has 0 saturated heterocycles. The Balaban J connectivity index is 2.21. The summed E-state index contributed by atoms with van der Waals surface area (Å²) in [7, 11) is 2.09. The minimum Gasteiger partial charge on any atom is -0.313 e. The van der Waals surface area contributed by atoms with Crippen LogP contribution in [0.5, 0.6) is 0 Å². The summed E-state index contributed by atoms with van der Waals surface area (Å²) in [6.07, 6.45) is 5.50. The van der Waals surface area contributed by atoms with Gasteiger partial charge in [0.15, 0.2) is 0 Å². The third-order valence-electron chi connectivity index (χ3n) is 4.22. The molecule has 1 fully saturated rings. The third-order valence-corrected chi connectivity index (χ3v) is 4.22. The molecule has 100 valence electrons. The highest BCUT2D eigenvalue weighted by Crippen LogP contribution is 2.37. The van der Waals surface area contributed by atoms with Gasteiger partial charge < -0.3 is 5.32 Å². The van der Waals surface area contributed by atoms with Gasteiger partial charge in [0.05, 0.1) is 0 Å². The van der Waals surface area contributed by atoms with Crippen molar-refractivity contribution in [2.24, 2.45) is 11.8 Å². The number of rotatable bonds is 3. The maximum absolute atomic E-state index is 4.48. The summed E-state index contributed by atoms with van der Waals surface area (Å²) in [6, 6.07) is 4.98. The summed E-state index contributed by atoms with van der Waals surface area (Å²) in [6.45, 7) is 6.57. The van der Waals surface area contributed by atoms with Gasteiger partial charge in [0.2, 0.25) is 0 Å². The van der Waals surface area contributed by atoms with Crippen molar-refractivity contribution in [1.29, 1.82) is 0 Å². The topological polar surface area (TPSA) is 24.9 Å². The number of hydrogen-bond acceptors (Lipinski definition) is 2. The highest BCUT2D eigenvalue weighted by atomic mass is 14.9. The molecule has 1 aromatic heterocycles. The van der Waals surface area contributed by atoms with Gasteiger partial charge in [-0.2, -0.15) is 0 Å². The molecule has 3 unspecified atom stereocenters. The molecule has 18 heavy (non-hydrogen) atoms. The largest absolute Gasteiger partial charge is 0.313 e. The summed E-state index contributed by atoms with van der Waals surface area (Å²) in [4.78, 5) is 4.48. The number of hydrogen-bond donors (Lipinski definition) is 1. The maximum Gasteiger partial charge on any atom is 0.0379 e. The van der Waals surface area contributed by atoms with Crippen molar-refractivity contribution in [3.8, 4) is 0 Å². The average molecular weight is 246 g/mol. The highest BCUT2D eigenvalue weighted by molar-refractivity contribution is 5.24. The lowest BCUT2D eigenvalue weighted by Gasteiger charge is -2.33. The van der Waals surface area contributed by atoms with Crippen molar-refractivity contribution < 1.29 is 0 Å². The van der Waals surface area contributed by atoms with Gasteiger partial charge >= 0.3 is 0 Å². The van der Waals surface area contributed by atoms with E-state index in [0.717, 1.165) is 23.2 Å². The summed E-state index contributed by atoms with van der Waals surface area (Å²) in [5.41, 5.74) is 3.69. The van der Waals surface area contributed by atoms with Gasteiger partial charge in [-0.1, -0.05) is 19.8 Å².